The van der Waals surface area contributed by atoms with Crippen LogP contribution in [0.1, 0.15) is 31.7 Å². The fraction of sp³-hybridized carbons (Fsp3) is 0.500. The summed E-state index contributed by atoms with van der Waals surface area (Å²) in [5.41, 5.74) is 0.944. The summed E-state index contributed by atoms with van der Waals surface area (Å²) < 4.78 is 1.62. The number of likely N-dealkylation sites (tertiary alicyclic amines) is 1. The van der Waals surface area contributed by atoms with Gasteiger partial charge in [0, 0.05) is 19.6 Å². The summed E-state index contributed by atoms with van der Waals surface area (Å²) in [6, 6.07) is 10.0. The minimum absolute atomic E-state index is 0.134. The van der Waals surface area contributed by atoms with Crippen LogP contribution in [-0.2, 0) is 17.8 Å². The molecular weight excluding hydrogens is 336 g/mol. The number of rotatable bonds is 6. The number of nitrogens with zero attached hydrogens (tertiary/aromatic N) is 3. The third kappa shape index (κ3) is 4.54. The van der Waals surface area contributed by atoms with Gasteiger partial charge in [-0.3, -0.25) is 9.36 Å². The number of aryl methyl sites for hydroxylation is 1. The number of hydrogen-bond donors (Lipinski definition) is 1. The van der Waals surface area contributed by atoms with Crippen LogP contribution in [0, 0.1) is 0 Å². The second-order valence-corrected chi connectivity index (χ2v) is 7.65. The highest BCUT2D eigenvalue weighted by Gasteiger charge is 2.24. The van der Waals surface area contributed by atoms with Crippen molar-refractivity contribution in [1.29, 1.82) is 0 Å². The van der Waals surface area contributed by atoms with Crippen molar-refractivity contribution in [2.75, 3.05) is 13.1 Å². The van der Waals surface area contributed by atoms with Crippen LogP contribution >= 0.6 is 11.8 Å². The van der Waals surface area contributed by atoms with Crippen molar-refractivity contribution in [3.8, 4) is 0 Å². The van der Waals surface area contributed by atoms with Crippen LogP contribution in [0.5, 0.6) is 0 Å². The average molecular weight is 360 g/mol. The number of H-pyrrole nitrogens is 1. The summed E-state index contributed by atoms with van der Waals surface area (Å²) in [7, 11) is 0. The molecule has 1 fully saturated rings. The van der Waals surface area contributed by atoms with Crippen LogP contribution in [0.3, 0.4) is 0 Å². The predicted molar refractivity (Wildman–Crippen MR) is 98.7 cm³/mol. The molecule has 1 aliphatic heterocycles. The van der Waals surface area contributed by atoms with Crippen LogP contribution < -0.4 is 5.69 Å². The van der Waals surface area contributed by atoms with Crippen molar-refractivity contribution in [3.63, 3.8) is 0 Å². The van der Waals surface area contributed by atoms with Crippen molar-refractivity contribution < 1.29 is 4.79 Å². The molecule has 0 saturated carbocycles. The second-order valence-electron chi connectivity index (χ2n) is 6.34. The van der Waals surface area contributed by atoms with Crippen LogP contribution in [0.4, 0.5) is 0 Å². The Balaban J connectivity index is 1.64. The van der Waals surface area contributed by atoms with Gasteiger partial charge < -0.3 is 4.90 Å². The zero-order valence-electron chi connectivity index (χ0n) is 14.5. The molecule has 0 aliphatic carbocycles. The Labute approximate surface area is 151 Å². The largest absolute Gasteiger partial charge is 0.343 e. The standard InChI is InChI=1S/C18H24N4O2S/c1-14(16(23)21-11-6-3-7-12-21)25-18-20-19-17(24)22(18)13-10-15-8-4-2-5-9-15/h2,4-5,8-9,14H,3,6-7,10-13H2,1H3,(H,19,24). The highest BCUT2D eigenvalue weighted by atomic mass is 32.2. The Morgan fingerprint density at radius 3 is 2.68 bits per heavy atom. The Morgan fingerprint density at radius 1 is 1.24 bits per heavy atom. The molecule has 1 aromatic heterocycles. The number of piperidine rings is 1. The lowest BCUT2D eigenvalue weighted by Gasteiger charge is -2.28. The van der Waals surface area contributed by atoms with E-state index in [1.807, 2.05) is 42.2 Å². The zero-order valence-corrected chi connectivity index (χ0v) is 15.3. The van der Waals surface area contributed by atoms with E-state index >= 15 is 0 Å². The van der Waals surface area contributed by atoms with E-state index in [1.165, 1.54) is 23.7 Å². The smallest absolute Gasteiger partial charge is 0.342 e. The highest BCUT2D eigenvalue weighted by molar-refractivity contribution is 8.00. The first kappa shape index (κ1) is 17.8. The van der Waals surface area contributed by atoms with Crippen molar-refractivity contribution in [2.24, 2.45) is 0 Å². The van der Waals surface area contributed by atoms with E-state index in [1.54, 1.807) is 4.57 Å². The lowest BCUT2D eigenvalue weighted by atomic mass is 10.1. The SMILES string of the molecule is CC(Sc1n[nH]c(=O)n1CCc1ccccc1)C(=O)N1CCCCC1. The maximum atomic E-state index is 12.6. The molecule has 134 valence electrons. The lowest BCUT2D eigenvalue weighted by molar-refractivity contribution is -0.131. The third-order valence-corrected chi connectivity index (χ3v) is 5.57. The molecule has 1 atom stereocenters. The first-order valence-electron chi connectivity index (χ1n) is 8.80. The van der Waals surface area contributed by atoms with Gasteiger partial charge >= 0.3 is 5.69 Å². The van der Waals surface area contributed by atoms with Gasteiger partial charge in [-0.25, -0.2) is 9.89 Å². The van der Waals surface area contributed by atoms with Gasteiger partial charge in [0.15, 0.2) is 5.16 Å². The maximum Gasteiger partial charge on any atom is 0.343 e. The number of aromatic amines is 1. The van der Waals surface area contributed by atoms with Gasteiger partial charge in [0.2, 0.25) is 5.91 Å². The van der Waals surface area contributed by atoms with E-state index in [0.717, 1.165) is 32.4 Å². The molecule has 1 saturated heterocycles. The fourth-order valence-corrected chi connectivity index (χ4v) is 4.02. The molecule has 7 heteroatoms. The summed E-state index contributed by atoms with van der Waals surface area (Å²) >= 11 is 1.36. The molecule has 0 bridgehead atoms. The predicted octanol–water partition coefficient (Wildman–Crippen LogP) is 2.31. The third-order valence-electron chi connectivity index (χ3n) is 4.49. The van der Waals surface area contributed by atoms with E-state index in [0.29, 0.717) is 11.7 Å². The van der Waals surface area contributed by atoms with Crippen molar-refractivity contribution >= 4 is 17.7 Å². The van der Waals surface area contributed by atoms with Crippen LogP contribution in [0.2, 0.25) is 0 Å². The average Bonchev–Trinajstić information content (AvgIpc) is 3.00. The Morgan fingerprint density at radius 2 is 1.96 bits per heavy atom. The summed E-state index contributed by atoms with van der Waals surface area (Å²) in [4.78, 5) is 26.6. The van der Waals surface area contributed by atoms with Gasteiger partial charge in [-0.1, -0.05) is 42.1 Å². The number of nitrogens with one attached hydrogen (secondary N) is 1. The van der Waals surface area contributed by atoms with Gasteiger partial charge in [0.1, 0.15) is 0 Å². The molecular formula is C18H24N4O2S. The molecule has 1 N–H and O–H groups in total. The fourth-order valence-electron chi connectivity index (χ4n) is 3.06. The van der Waals surface area contributed by atoms with Gasteiger partial charge in [-0.05, 0) is 38.2 Å². The Hall–Kier alpha value is -2.02. The number of hydrogen-bond acceptors (Lipinski definition) is 4. The molecule has 2 heterocycles. The molecule has 25 heavy (non-hydrogen) atoms. The van der Waals surface area contributed by atoms with E-state index < -0.39 is 0 Å². The number of benzene rings is 1. The van der Waals surface area contributed by atoms with Crippen molar-refractivity contribution in [2.45, 2.75) is 49.6 Å². The molecule has 1 aliphatic rings. The quantitative estimate of drug-likeness (QED) is 0.803. The van der Waals surface area contributed by atoms with E-state index in [2.05, 4.69) is 10.2 Å². The van der Waals surface area contributed by atoms with Crippen molar-refractivity contribution in [3.05, 3.63) is 46.4 Å². The van der Waals surface area contributed by atoms with Gasteiger partial charge in [0.25, 0.3) is 0 Å². The summed E-state index contributed by atoms with van der Waals surface area (Å²) in [6.45, 7) is 4.12. The monoisotopic (exact) mass is 360 g/mol. The molecule has 1 amide bonds. The molecule has 3 rings (SSSR count). The number of aromatic nitrogens is 3. The van der Waals surface area contributed by atoms with Gasteiger partial charge in [-0.15, -0.1) is 5.10 Å². The number of amides is 1. The minimum atomic E-state index is -0.247. The number of carbonyl (C=O) groups is 1. The topological polar surface area (TPSA) is 71.0 Å². The van der Waals surface area contributed by atoms with Gasteiger partial charge in [-0.2, -0.15) is 0 Å². The molecule has 1 unspecified atom stereocenters. The Bertz CT molecular complexity index is 750. The normalized spacial score (nSPS) is 16.0. The van der Waals surface area contributed by atoms with Gasteiger partial charge in [0.05, 0.1) is 5.25 Å². The molecule has 6 nitrogen and oxygen atoms in total. The van der Waals surface area contributed by atoms with Crippen LogP contribution in [0.25, 0.3) is 0 Å². The Kier molecular flexibility index (Phi) is 5.96. The summed E-state index contributed by atoms with van der Waals surface area (Å²) in [6.07, 6.45) is 4.10. The van der Waals surface area contributed by atoms with E-state index in [4.69, 9.17) is 0 Å². The zero-order chi connectivity index (χ0) is 17.6. The molecule has 0 radical (unpaired) electrons. The lowest BCUT2D eigenvalue weighted by Crippen LogP contribution is -2.40. The number of thioether (sulfide) groups is 1. The first-order valence-corrected chi connectivity index (χ1v) is 9.67. The maximum absolute atomic E-state index is 12.6. The van der Waals surface area contributed by atoms with E-state index in [9.17, 15) is 9.59 Å². The highest BCUT2D eigenvalue weighted by Crippen LogP contribution is 2.23. The van der Waals surface area contributed by atoms with Crippen molar-refractivity contribution in [1.82, 2.24) is 19.7 Å². The second kappa shape index (κ2) is 8.38. The summed E-state index contributed by atoms with van der Waals surface area (Å²) in [5.74, 6) is 0.134. The van der Waals surface area contributed by atoms with E-state index in [-0.39, 0.29) is 16.8 Å². The number of carbonyl (C=O) groups excluding carboxylic acids is 1. The molecule has 0 spiro atoms. The molecule has 2 aromatic rings. The van der Waals surface area contributed by atoms with Crippen LogP contribution in [0.15, 0.2) is 40.3 Å². The molecule has 1 aromatic carbocycles. The first-order chi connectivity index (χ1) is 12.1. The summed E-state index contributed by atoms with van der Waals surface area (Å²) in [5, 5.41) is 6.96. The van der Waals surface area contributed by atoms with Crippen LogP contribution in [-0.4, -0.2) is 43.9 Å². The minimum Gasteiger partial charge on any atom is -0.342 e.